The summed E-state index contributed by atoms with van der Waals surface area (Å²) in [4.78, 5) is 28.7. The lowest BCUT2D eigenvalue weighted by Crippen LogP contribution is -2.27. The molecule has 5 heteroatoms. The summed E-state index contributed by atoms with van der Waals surface area (Å²) >= 11 is 1.85. The van der Waals surface area contributed by atoms with Crippen LogP contribution in [0.1, 0.15) is 57.5 Å². The summed E-state index contributed by atoms with van der Waals surface area (Å²) in [6.07, 6.45) is 4.48. The van der Waals surface area contributed by atoms with E-state index in [2.05, 4.69) is 24.3 Å². The van der Waals surface area contributed by atoms with Crippen LogP contribution in [0, 0.1) is 0 Å². The summed E-state index contributed by atoms with van der Waals surface area (Å²) in [6, 6.07) is 16.1. The second-order valence-electron chi connectivity index (χ2n) is 7.89. The number of hydrogen-bond acceptors (Lipinski definition) is 3. The summed E-state index contributed by atoms with van der Waals surface area (Å²) in [5.74, 6) is 2.13. The molecular formula is C24H28N2O2S. The molecule has 2 fully saturated rings. The van der Waals surface area contributed by atoms with E-state index in [1.54, 1.807) is 0 Å². The first-order valence-corrected chi connectivity index (χ1v) is 11.7. The third-order valence-corrected chi connectivity index (χ3v) is 6.80. The van der Waals surface area contributed by atoms with Crippen LogP contribution in [-0.2, 0) is 11.5 Å². The molecule has 0 spiro atoms. The Morgan fingerprint density at radius 1 is 0.621 bits per heavy atom. The Labute approximate surface area is 177 Å². The van der Waals surface area contributed by atoms with Crippen LogP contribution in [0.5, 0.6) is 0 Å². The number of thioether (sulfide) groups is 1. The van der Waals surface area contributed by atoms with Crippen molar-refractivity contribution >= 4 is 23.6 Å². The summed E-state index contributed by atoms with van der Waals surface area (Å²) in [5, 5.41) is 0. The van der Waals surface area contributed by atoms with Crippen molar-refractivity contribution in [3.63, 3.8) is 0 Å². The van der Waals surface area contributed by atoms with E-state index in [-0.39, 0.29) is 11.8 Å². The normalized spacial score (nSPS) is 16.4. The van der Waals surface area contributed by atoms with E-state index >= 15 is 0 Å². The van der Waals surface area contributed by atoms with E-state index < -0.39 is 0 Å². The van der Waals surface area contributed by atoms with Gasteiger partial charge in [-0.2, -0.15) is 11.8 Å². The van der Waals surface area contributed by atoms with Crippen molar-refractivity contribution in [3.05, 3.63) is 70.8 Å². The minimum Gasteiger partial charge on any atom is -0.339 e. The van der Waals surface area contributed by atoms with Gasteiger partial charge >= 0.3 is 0 Å². The van der Waals surface area contributed by atoms with Crippen molar-refractivity contribution < 1.29 is 9.59 Å². The molecule has 0 unspecified atom stereocenters. The highest BCUT2D eigenvalue weighted by molar-refractivity contribution is 7.97. The van der Waals surface area contributed by atoms with Crippen molar-refractivity contribution in [2.24, 2.45) is 0 Å². The Morgan fingerprint density at radius 3 is 1.31 bits per heavy atom. The Kier molecular flexibility index (Phi) is 6.55. The number of hydrogen-bond donors (Lipinski definition) is 0. The van der Waals surface area contributed by atoms with E-state index in [0.717, 1.165) is 74.5 Å². The topological polar surface area (TPSA) is 40.6 Å². The highest BCUT2D eigenvalue weighted by atomic mass is 32.2. The molecule has 4 nitrogen and oxygen atoms in total. The molecule has 29 heavy (non-hydrogen) atoms. The van der Waals surface area contributed by atoms with Crippen molar-refractivity contribution in [1.82, 2.24) is 9.80 Å². The average molecular weight is 409 g/mol. The Bertz CT molecular complexity index is 765. The van der Waals surface area contributed by atoms with Gasteiger partial charge in [-0.05, 0) is 61.1 Å². The second-order valence-corrected chi connectivity index (χ2v) is 8.87. The number of rotatable bonds is 6. The van der Waals surface area contributed by atoms with Gasteiger partial charge in [0.2, 0.25) is 0 Å². The summed E-state index contributed by atoms with van der Waals surface area (Å²) in [5.41, 5.74) is 4.04. The van der Waals surface area contributed by atoms with Crippen molar-refractivity contribution in [1.29, 1.82) is 0 Å². The lowest BCUT2D eigenvalue weighted by Gasteiger charge is -2.15. The van der Waals surface area contributed by atoms with Gasteiger partial charge in [0.05, 0.1) is 0 Å². The molecule has 2 aliphatic heterocycles. The maximum Gasteiger partial charge on any atom is 0.253 e. The van der Waals surface area contributed by atoms with E-state index in [0.29, 0.717) is 0 Å². The van der Waals surface area contributed by atoms with Crippen molar-refractivity contribution in [3.8, 4) is 0 Å². The fraction of sp³-hybridized carbons (Fsp3) is 0.417. The van der Waals surface area contributed by atoms with Gasteiger partial charge in [0, 0.05) is 48.8 Å². The first-order chi connectivity index (χ1) is 14.2. The van der Waals surface area contributed by atoms with Gasteiger partial charge < -0.3 is 9.80 Å². The molecule has 0 N–H and O–H groups in total. The van der Waals surface area contributed by atoms with Gasteiger partial charge in [0.25, 0.3) is 11.8 Å². The third-order valence-electron chi connectivity index (χ3n) is 5.73. The number of likely N-dealkylation sites (tertiary alicyclic amines) is 2. The minimum atomic E-state index is 0.158. The van der Waals surface area contributed by atoms with Crippen LogP contribution in [0.4, 0.5) is 0 Å². The molecule has 0 aromatic heterocycles. The highest BCUT2D eigenvalue weighted by Crippen LogP contribution is 2.21. The molecule has 0 saturated carbocycles. The standard InChI is InChI=1S/C24H28N2O2S/c27-23(25-13-1-2-14-25)21-9-5-19(6-10-21)17-29-18-20-7-11-22(12-8-20)24(28)26-15-3-4-16-26/h5-12H,1-4,13-18H2. The van der Waals surface area contributed by atoms with Gasteiger partial charge in [-0.15, -0.1) is 0 Å². The zero-order valence-corrected chi connectivity index (χ0v) is 17.6. The zero-order chi connectivity index (χ0) is 20.1. The molecule has 2 aromatic rings. The Hall–Kier alpha value is -2.27. The van der Waals surface area contributed by atoms with Gasteiger partial charge in [0.15, 0.2) is 0 Å². The summed E-state index contributed by atoms with van der Waals surface area (Å²) in [7, 11) is 0. The van der Waals surface area contributed by atoms with Crippen LogP contribution in [0.15, 0.2) is 48.5 Å². The molecule has 152 valence electrons. The van der Waals surface area contributed by atoms with Crippen LogP contribution in [-0.4, -0.2) is 47.8 Å². The van der Waals surface area contributed by atoms with Crippen LogP contribution < -0.4 is 0 Å². The van der Waals surface area contributed by atoms with Crippen LogP contribution >= 0.6 is 11.8 Å². The lowest BCUT2D eigenvalue weighted by atomic mass is 10.1. The van der Waals surface area contributed by atoms with Gasteiger partial charge in [-0.3, -0.25) is 9.59 Å². The monoisotopic (exact) mass is 408 g/mol. The minimum absolute atomic E-state index is 0.158. The average Bonchev–Trinajstić information content (AvgIpc) is 3.48. The van der Waals surface area contributed by atoms with Crippen LogP contribution in [0.2, 0.25) is 0 Å². The van der Waals surface area contributed by atoms with Gasteiger partial charge in [0.1, 0.15) is 0 Å². The quantitative estimate of drug-likeness (QED) is 0.702. The molecule has 2 heterocycles. The van der Waals surface area contributed by atoms with E-state index in [1.807, 2.05) is 45.8 Å². The smallest absolute Gasteiger partial charge is 0.253 e. The molecular weight excluding hydrogens is 380 g/mol. The van der Waals surface area contributed by atoms with Crippen LogP contribution in [0.3, 0.4) is 0 Å². The number of amides is 2. The molecule has 2 aliphatic rings. The van der Waals surface area contributed by atoms with Crippen LogP contribution in [0.25, 0.3) is 0 Å². The molecule has 2 saturated heterocycles. The van der Waals surface area contributed by atoms with E-state index in [9.17, 15) is 9.59 Å². The largest absolute Gasteiger partial charge is 0.339 e. The first kappa shape index (κ1) is 20.0. The number of carbonyl (C=O) groups excluding carboxylic acids is 2. The van der Waals surface area contributed by atoms with Crippen molar-refractivity contribution in [2.45, 2.75) is 37.2 Å². The zero-order valence-electron chi connectivity index (χ0n) is 16.8. The van der Waals surface area contributed by atoms with E-state index in [1.165, 1.54) is 11.1 Å². The van der Waals surface area contributed by atoms with Crippen molar-refractivity contribution in [2.75, 3.05) is 26.2 Å². The fourth-order valence-electron chi connectivity index (χ4n) is 3.98. The number of carbonyl (C=O) groups is 2. The maximum absolute atomic E-state index is 12.4. The van der Waals surface area contributed by atoms with Gasteiger partial charge in [-0.1, -0.05) is 24.3 Å². The first-order valence-electron chi connectivity index (χ1n) is 10.5. The summed E-state index contributed by atoms with van der Waals surface area (Å²) in [6.45, 7) is 3.55. The maximum atomic E-state index is 12.4. The SMILES string of the molecule is O=C(c1ccc(CSCc2ccc(C(=O)N3CCCC3)cc2)cc1)N1CCCC1. The van der Waals surface area contributed by atoms with E-state index in [4.69, 9.17) is 0 Å². The molecule has 2 amide bonds. The van der Waals surface area contributed by atoms with Gasteiger partial charge in [-0.25, -0.2) is 0 Å². The number of benzene rings is 2. The fourth-order valence-corrected chi connectivity index (χ4v) is 4.94. The summed E-state index contributed by atoms with van der Waals surface area (Å²) < 4.78 is 0. The molecule has 0 aliphatic carbocycles. The molecule has 0 atom stereocenters. The predicted octanol–water partition coefficient (Wildman–Crippen LogP) is 4.59. The molecule has 0 radical (unpaired) electrons. The molecule has 4 rings (SSSR count). The predicted molar refractivity (Wildman–Crippen MR) is 118 cm³/mol. The Balaban J connectivity index is 1.25. The highest BCUT2D eigenvalue weighted by Gasteiger charge is 2.20. The number of nitrogens with zero attached hydrogens (tertiary/aromatic N) is 2. The lowest BCUT2D eigenvalue weighted by molar-refractivity contribution is 0.0785. The second kappa shape index (κ2) is 9.49. The molecule has 2 aromatic carbocycles. The Morgan fingerprint density at radius 2 is 0.966 bits per heavy atom. The third kappa shape index (κ3) is 5.02. The molecule has 0 bridgehead atoms.